The number of carbonyl (C=O) groups is 1. The van der Waals surface area contributed by atoms with Crippen LogP contribution < -0.4 is 11.1 Å². The number of hydrogen-bond donors (Lipinski definition) is 2. The summed E-state index contributed by atoms with van der Waals surface area (Å²) in [7, 11) is 1.53. The Morgan fingerprint density at radius 3 is 2.94 bits per heavy atom. The molecule has 0 heterocycles. The van der Waals surface area contributed by atoms with Crippen LogP contribution in [0, 0.1) is 5.82 Å². The van der Waals surface area contributed by atoms with Crippen LogP contribution in [0.25, 0.3) is 0 Å². The highest BCUT2D eigenvalue weighted by molar-refractivity contribution is 6.30. The van der Waals surface area contributed by atoms with E-state index in [9.17, 15) is 9.18 Å². The van der Waals surface area contributed by atoms with Crippen LogP contribution >= 0.6 is 11.6 Å². The summed E-state index contributed by atoms with van der Waals surface area (Å²) in [6.07, 6.45) is 0. The molecule has 0 bridgehead atoms. The average molecular weight is 261 g/mol. The minimum absolute atomic E-state index is 0.0395. The van der Waals surface area contributed by atoms with Crippen LogP contribution in [-0.2, 0) is 9.53 Å². The van der Waals surface area contributed by atoms with Gasteiger partial charge < -0.3 is 10.5 Å². The fraction of sp³-hybridized carbons (Fsp3) is 0.364. The van der Waals surface area contributed by atoms with Crippen molar-refractivity contribution < 1.29 is 13.9 Å². The second-order valence-corrected chi connectivity index (χ2v) is 3.83. The summed E-state index contributed by atoms with van der Waals surface area (Å²) < 4.78 is 18.5. The third-order valence-corrected chi connectivity index (χ3v) is 2.52. The fourth-order valence-corrected chi connectivity index (χ4v) is 1.59. The lowest BCUT2D eigenvalue weighted by atomic mass is 10.1. The van der Waals surface area contributed by atoms with Gasteiger partial charge in [0.25, 0.3) is 0 Å². The monoisotopic (exact) mass is 260 g/mol. The molecule has 4 nitrogen and oxygen atoms in total. The molecule has 1 aromatic rings. The molecule has 0 saturated carbocycles. The van der Waals surface area contributed by atoms with Crippen LogP contribution in [0.15, 0.2) is 18.2 Å². The van der Waals surface area contributed by atoms with Gasteiger partial charge in [0.05, 0.1) is 11.6 Å². The highest BCUT2D eigenvalue weighted by Crippen LogP contribution is 2.23. The van der Waals surface area contributed by atoms with Gasteiger partial charge in [-0.3, -0.25) is 10.1 Å². The van der Waals surface area contributed by atoms with Crippen molar-refractivity contribution in [3.05, 3.63) is 34.6 Å². The summed E-state index contributed by atoms with van der Waals surface area (Å²) in [6, 6.07) is 3.53. The molecule has 1 aromatic carbocycles. The Bertz CT molecular complexity index is 401. The predicted octanol–water partition coefficient (Wildman–Crippen LogP) is 1.24. The first-order valence-corrected chi connectivity index (χ1v) is 5.41. The number of halogens is 2. The summed E-state index contributed by atoms with van der Waals surface area (Å²) >= 11 is 5.64. The highest BCUT2D eigenvalue weighted by Gasteiger charge is 2.21. The van der Waals surface area contributed by atoms with Gasteiger partial charge in [0.15, 0.2) is 0 Å². The molecule has 0 aliphatic heterocycles. The van der Waals surface area contributed by atoms with Crippen LogP contribution in [0.4, 0.5) is 4.39 Å². The summed E-state index contributed by atoms with van der Waals surface area (Å²) in [5.41, 5.74) is 5.36. The predicted molar refractivity (Wildman–Crippen MR) is 63.2 cm³/mol. The van der Waals surface area contributed by atoms with Crippen LogP contribution in [0.1, 0.15) is 11.6 Å². The molecule has 17 heavy (non-hydrogen) atoms. The number of amides is 1. The second-order valence-electron chi connectivity index (χ2n) is 3.43. The van der Waals surface area contributed by atoms with Crippen molar-refractivity contribution in [1.29, 1.82) is 0 Å². The maximum atomic E-state index is 13.7. The van der Waals surface area contributed by atoms with E-state index in [0.29, 0.717) is 13.2 Å². The number of nitrogens with one attached hydrogen (secondary N) is 1. The number of rotatable bonds is 6. The molecule has 0 spiro atoms. The first-order valence-electron chi connectivity index (χ1n) is 5.03. The van der Waals surface area contributed by atoms with E-state index in [1.807, 2.05) is 0 Å². The number of ether oxygens (including phenoxy) is 1. The lowest BCUT2D eigenvalue weighted by Gasteiger charge is -2.16. The van der Waals surface area contributed by atoms with Gasteiger partial charge in [0.1, 0.15) is 11.9 Å². The Kier molecular flexibility index (Phi) is 5.34. The second kappa shape index (κ2) is 6.54. The topological polar surface area (TPSA) is 64.3 Å². The molecule has 0 aliphatic carbocycles. The van der Waals surface area contributed by atoms with E-state index < -0.39 is 17.8 Å². The van der Waals surface area contributed by atoms with Crippen molar-refractivity contribution in [2.45, 2.75) is 6.04 Å². The van der Waals surface area contributed by atoms with Crippen LogP contribution in [0.2, 0.25) is 5.02 Å². The summed E-state index contributed by atoms with van der Waals surface area (Å²) in [5.74, 6) is -1.30. The van der Waals surface area contributed by atoms with Gasteiger partial charge in [-0.25, -0.2) is 4.39 Å². The number of benzene rings is 1. The van der Waals surface area contributed by atoms with Crippen molar-refractivity contribution in [3.8, 4) is 0 Å². The minimum atomic E-state index is -0.913. The number of methoxy groups -OCH3 is 1. The third-order valence-electron chi connectivity index (χ3n) is 2.23. The molecular formula is C11H14ClFN2O2. The molecule has 1 atom stereocenters. The zero-order chi connectivity index (χ0) is 12.8. The van der Waals surface area contributed by atoms with Gasteiger partial charge in [-0.05, 0) is 6.07 Å². The van der Waals surface area contributed by atoms with E-state index in [1.165, 1.54) is 19.2 Å². The van der Waals surface area contributed by atoms with E-state index in [-0.39, 0.29) is 10.6 Å². The molecule has 1 rings (SSSR count). The van der Waals surface area contributed by atoms with Crippen molar-refractivity contribution in [1.82, 2.24) is 5.32 Å². The molecule has 0 radical (unpaired) electrons. The van der Waals surface area contributed by atoms with Crippen LogP contribution in [0.3, 0.4) is 0 Å². The zero-order valence-electron chi connectivity index (χ0n) is 9.37. The lowest BCUT2D eigenvalue weighted by Crippen LogP contribution is -2.36. The minimum Gasteiger partial charge on any atom is -0.383 e. The molecule has 0 aliphatic rings. The van der Waals surface area contributed by atoms with Gasteiger partial charge in [0, 0.05) is 19.2 Å². The molecule has 1 unspecified atom stereocenters. The smallest absolute Gasteiger partial charge is 0.239 e. The first kappa shape index (κ1) is 13.9. The molecule has 3 N–H and O–H groups in total. The molecule has 0 saturated heterocycles. The number of primary amides is 1. The standard InChI is InChI=1S/C11H14ClFN2O2/c1-17-6-5-15-10(11(14)16)7-3-2-4-8(12)9(7)13/h2-4,10,15H,5-6H2,1H3,(H2,14,16). The summed E-state index contributed by atoms with van der Waals surface area (Å²) in [4.78, 5) is 11.3. The highest BCUT2D eigenvalue weighted by atomic mass is 35.5. The zero-order valence-corrected chi connectivity index (χ0v) is 10.1. The van der Waals surface area contributed by atoms with E-state index in [4.69, 9.17) is 22.1 Å². The quantitative estimate of drug-likeness (QED) is 0.757. The van der Waals surface area contributed by atoms with E-state index in [0.717, 1.165) is 0 Å². The molecule has 94 valence electrons. The molecule has 0 fully saturated rings. The Morgan fingerprint density at radius 2 is 2.35 bits per heavy atom. The van der Waals surface area contributed by atoms with Gasteiger partial charge in [0.2, 0.25) is 5.91 Å². The lowest BCUT2D eigenvalue weighted by molar-refractivity contribution is -0.120. The normalized spacial score (nSPS) is 12.4. The maximum Gasteiger partial charge on any atom is 0.239 e. The number of nitrogens with two attached hydrogens (primary N) is 1. The average Bonchev–Trinajstić information content (AvgIpc) is 2.29. The van der Waals surface area contributed by atoms with Crippen molar-refractivity contribution >= 4 is 17.5 Å². The molecule has 1 amide bonds. The van der Waals surface area contributed by atoms with E-state index in [2.05, 4.69) is 5.32 Å². The van der Waals surface area contributed by atoms with E-state index >= 15 is 0 Å². The number of hydrogen-bond acceptors (Lipinski definition) is 3. The van der Waals surface area contributed by atoms with Gasteiger partial charge in [-0.2, -0.15) is 0 Å². The molecule has 0 aromatic heterocycles. The Balaban J connectivity index is 2.90. The van der Waals surface area contributed by atoms with Gasteiger partial charge in [-0.15, -0.1) is 0 Å². The Labute approximate surface area is 104 Å². The van der Waals surface area contributed by atoms with Crippen molar-refractivity contribution in [2.24, 2.45) is 5.73 Å². The third kappa shape index (κ3) is 3.66. The summed E-state index contributed by atoms with van der Waals surface area (Å²) in [6.45, 7) is 0.780. The van der Waals surface area contributed by atoms with Crippen LogP contribution in [0.5, 0.6) is 0 Å². The van der Waals surface area contributed by atoms with Crippen LogP contribution in [-0.4, -0.2) is 26.2 Å². The Morgan fingerprint density at radius 1 is 1.65 bits per heavy atom. The maximum absolute atomic E-state index is 13.7. The van der Waals surface area contributed by atoms with Crippen molar-refractivity contribution in [2.75, 3.05) is 20.3 Å². The molecule has 6 heteroatoms. The van der Waals surface area contributed by atoms with E-state index in [1.54, 1.807) is 6.07 Å². The Hall–Kier alpha value is -1.17. The van der Waals surface area contributed by atoms with Gasteiger partial charge in [-0.1, -0.05) is 23.7 Å². The van der Waals surface area contributed by atoms with Gasteiger partial charge >= 0.3 is 0 Å². The first-order chi connectivity index (χ1) is 8.07. The summed E-state index contributed by atoms with van der Waals surface area (Å²) in [5, 5.41) is 2.77. The SMILES string of the molecule is COCCNC(C(N)=O)c1cccc(Cl)c1F. The molecular weight excluding hydrogens is 247 g/mol. The number of carbonyl (C=O) groups excluding carboxylic acids is 1. The van der Waals surface area contributed by atoms with Crippen molar-refractivity contribution in [3.63, 3.8) is 0 Å². The largest absolute Gasteiger partial charge is 0.383 e. The fourth-order valence-electron chi connectivity index (χ4n) is 1.41.